The van der Waals surface area contributed by atoms with E-state index in [9.17, 15) is 22.4 Å². The molecular formula is C16H14F4N2OS. The van der Waals surface area contributed by atoms with Crippen molar-refractivity contribution in [3.63, 3.8) is 0 Å². The molecule has 0 unspecified atom stereocenters. The number of benzene rings is 1. The largest absolute Gasteiger partial charge is 0.434 e. The first-order valence-electron chi connectivity index (χ1n) is 7.42. The maximum absolute atomic E-state index is 12.9. The van der Waals surface area contributed by atoms with Crippen LogP contribution in [0.5, 0.6) is 0 Å². The lowest BCUT2D eigenvalue weighted by molar-refractivity contribution is -0.140. The number of Topliss-reactive ketones (excluding diaryl/α,β-unsaturated/α-hetero) is 1. The van der Waals surface area contributed by atoms with Gasteiger partial charge < -0.3 is 4.90 Å². The monoisotopic (exact) mass is 358 g/mol. The fourth-order valence-corrected chi connectivity index (χ4v) is 3.61. The van der Waals surface area contributed by atoms with E-state index in [-0.39, 0.29) is 11.7 Å². The highest BCUT2D eigenvalue weighted by Gasteiger charge is 2.35. The Morgan fingerprint density at radius 1 is 1.17 bits per heavy atom. The molecule has 1 aliphatic heterocycles. The number of thiazole rings is 1. The number of alkyl halides is 3. The number of hydrogen-bond acceptors (Lipinski definition) is 4. The van der Waals surface area contributed by atoms with E-state index in [2.05, 4.69) is 4.98 Å². The number of carbonyl (C=O) groups is 1. The Morgan fingerprint density at radius 2 is 1.79 bits per heavy atom. The predicted octanol–water partition coefficient (Wildman–Crippen LogP) is 4.40. The van der Waals surface area contributed by atoms with E-state index in [1.165, 1.54) is 24.3 Å². The van der Waals surface area contributed by atoms with Gasteiger partial charge in [-0.1, -0.05) is 0 Å². The molecule has 3 nitrogen and oxygen atoms in total. The topological polar surface area (TPSA) is 33.2 Å². The Labute approximate surface area is 139 Å². The molecule has 0 atom stereocenters. The molecule has 0 amide bonds. The van der Waals surface area contributed by atoms with Crippen molar-refractivity contribution in [1.82, 2.24) is 4.98 Å². The van der Waals surface area contributed by atoms with E-state index in [0.717, 1.165) is 16.7 Å². The Kier molecular flexibility index (Phi) is 4.58. The van der Waals surface area contributed by atoms with Crippen LogP contribution in [0.4, 0.5) is 22.7 Å². The highest BCUT2D eigenvalue weighted by molar-refractivity contribution is 7.13. The lowest BCUT2D eigenvalue weighted by atomic mass is 9.89. The minimum absolute atomic E-state index is 0.0511. The zero-order valence-electron chi connectivity index (χ0n) is 12.5. The molecule has 0 saturated carbocycles. The molecule has 0 N–H and O–H groups in total. The van der Waals surface area contributed by atoms with Gasteiger partial charge in [-0.3, -0.25) is 4.79 Å². The van der Waals surface area contributed by atoms with Gasteiger partial charge in [-0.25, -0.2) is 9.37 Å². The number of anilines is 1. The first kappa shape index (κ1) is 16.9. The molecule has 3 rings (SSSR count). The van der Waals surface area contributed by atoms with Gasteiger partial charge in [0.05, 0.1) is 0 Å². The number of ketones is 1. The molecule has 128 valence electrons. The molecule has 24 heavy (non-hydrogen) atoms. The third-order valence-electron chi connectivity index (χ3n) is 4.05. The minimum Gasteiger partial charge on any atom is -0.348 e. The summed E-state index contributed by atoms with van der Waals surface area (Å²) >= 11 is 0.959. The van der Waals surface area contributed by atoms with Crippen molar-refractivity contribution in [2.75, 3.05) is 18.0 Å². The van der Waals surface area contributed by atoms with E-state index >= 15 is 0 Å². The first-order chi connectivity index (χ1) is 11.3. The molecule has 0 bridgehead atoms. The van der Waals surface area contributed by atoms with E-state index in [4.69, 9.17) is 0 Å². The lowest BCUT2D eigenvalue weighted by Crippen LogP contribution is -2.36. The van der Waals surface area contributed by atoms with E-state index in [1.54, 1.807) is 4.90 Å². The van der Waals surface area contributed by atoms with E-state index in [1.807, 2.05) is 0 Å². The Bertz CT molecular complexity index is 718. The standard InChI is InChI=1S/C16H14F4N2OS/c17-12-3-1-10(2-4-12)14(23)11-5-7-22(8-6-11)15-21-13(9-24-15)16(18,19)20/h1-4,9,11H,5-8H2. The lowest BCUT2D eigenvalue weighted by Gasteiger charge is -2.31. The summed E-state index contributed by atoms with van der Waals surface area (Å²) < 4.78 is 50.7. The number of hydrogen-bond donors (Lipinski definition) is 0. The Hall–Kier alpha value is -1.96. The number of carbonyl (C=O) groups excluding carboxylic acids is 1. The van der Waals surface area contributed by atoms with E-state index < -0.39 is 17.7 Å². The number of nitrogens with zero attached hydrogens (tertiary/aromatic N) is 2. The second kappa shape index (κ2) is 6.51. The summed E-state index contributed by atoms with van der Waals surface area (Å²) in [5, 5.41) is 1.33. The molecule has 1 fully saturated rings. The number of halogens is 4. The van der Waals surface area contributed by atoms with Crippen molar-refractivity contribution in [3.05, 3.63) is 46.7 Å². The van der Waals surface area contributed by atoms with E-state index in [0.29, 0.717) is 36.6 Å². The predicted molar refractivity (Wildman–Crippen MR) is 82.8 cm³/mol. The number of piperidine rings is 1. The van der Waals surface area contributed by atoms with Gasteiger partial charge in [0, 0.05) is 30.0 Å². The highest BCUT2D eigenvalue weighted by Crippen LogP contribution is 2.34. The van der Waals surface area contributed by atoms with Gasteiger partial charge in [0.15, 0.2) is 16.6 Å². The van der Waals surface area contributed by atoms with Crippen LogP contribution in [0.1, 0.15) is 28.9 Å². The summed E-state index contributed by atoms with van der Waals surface area (Å²) in [7, 11) is 0. The molecule has 8 heteroatoms. The average molecular weight is 358 g/mol. The van der Waals surface area contributed by atoms with Gasteiger partial charge in [0.1, 0.15) is 5.82 Å². The van der Waals surface area contributed by atoms with Crippen LogP contribution in [0.3, 0.4) is 0 Å². The Morgan fingerprint density at radius 3 is 2.33 bits per heavy atom. The van der Waals surface area contributed by atoms with Gasteiger partial charge in [-0.2, -0.15) is 13.2 Å². The second-order valence-corrected chi connectivity index (χ2v) is 6.48. The van der Waals surface area contributed by atoms with Gasteiger partial charge in [-0.05, 0) is 37.1 Å². The van der Waals surface area contributed by atoms with Crippen LogP contribution in [-0.4, -0.2) is 23.9 Å². The fraction of sp³-hybridized carbons (Fsp3) is 0.375. The van der Waals surface area contributed by atoms with Gasteiger partial charge in [-0.15, -0.1) is 11.3 Å². The van der Waals surface area contributed by atoms with Crippen molar-refractivity contribution < 1.29 is 22.4 Å². The van der Waals surface area contributed by atoms with Crippen molar-refractivity contribution in [3.8, 4) is 0 Å². The molecule has 0 aliphatic carbocycles. The van der Waals surface area contributed by atoms with Gasteiger partial charge >= 0.3 is 6.18 Å². The molecule has 1 saturated heterocycles. The van der Waals surface area contributed by atoms with Crippen LogP contribution >= 0.6 is 11.3 Å². The van der Waals surface area contributed by atoms with Gasteiger partial charge in [0.25, 0.3) is 0 Å². The SMILES string of the molecule is O=C(c1ccc(F)cc1)C1CCN(c2nc(C(F)(F)F)cs2)CC1. The van der Waals surface area contributed by atoms with Crippen LogP contribution in [0.25, 0.3) is 0 Å². The van der Waals surface area contributed by atoms with Crippen LogP contribution < -0.4 is 4.90 Å². The van der Waals surface area contributed by atoms with Crippen molar-refractivity contribution in [2.24, 2.45) is 5.92 Å². The summed E-state index contributed by atoms with van der Waals surface area (Å²) in [6.45, 7) is 0.949. The second-order valence-electron chi connectivity index (χ2n) is 5.65. The van der Waals surface area contributed by atoms with Crippen LogP contribution in [0, 0.1) is 11.7 Å². The molecule has 1 aliphatic rings. The van der Waals surface area contributed by atoms with Gasteiger partial charge in [0.2, 0.25) is 0 Å². The maximum Gasteiger partial charge on any atom is 0.434 e. The zero-order chi connectivity index (χ0) is 17.3. The third-order valence-corrected chi connectivity index (χ3v) is 4.95. The molecule has 0 spiro atoms. The Balaban J connectivity index is 1.62. The summed E-state index contributed by atoms with van der Waals surface area (Å²) in [5.74, 6) is -0.649. The fourth-order valence-electron chi connectivity index (χ4n) is 2.72. The van der Waals surface area contributed by atoms with Crippen LogP contribution in [0.2, 0.25) is 0 Å². The highest BCUT2D eigenvalue weighted by atomic mass is 32.1. The van der Waals surface area contributed by atoms with Crippen LogP contribution in [0.15, 0.2) is 29.6 Å². The average Bonchev–Trinajstić information content (AvgIpc) is 3.05. The number of rotatable bonds is 3. The molecule has 0 radical (unpaired) electrons. The molecule has 1 aromatic carbocycles. The summed E-state index contributed by atoms with van der Waals surface area (Å²) in [4.78, 5) is 17.8. The van der Waals surface area contributed by atoms with Crippen LogP contribution in [-0.2, 0) is 6.18 Å². The minimum atomic E-state index is -4.44. The van der Waals surface area contributed by atoms with Crippen molar-refractivity contribution in [1.29, 1.82) is 0 Å². The normalized spacial score (nSPS) is 16.4. The third kappa shape index (κ3) is 3.58. The first-order valence-corrected chi connectivity index (χ1v) is 8.30. The summed E-state index contributed by atoms with van der Waals surface area (Å²) in [5.41, 5.74) is -0.421. The molecule has 2 heterocycles. The molecule has 2 aromatic rings. The smallest absolute Gasteiger partial charge is 0.348 e. The van der Waals surface area contributed by atoms with Crippen molar-refractivity contribution >= 4 is 22.3 Å². The molecule has 1 aromatic heterocycles. The zero-order valence-corrected chi connectivity index (χ0v) is 13.3. The van der Waals surface area contributed by atoms with Crippen molar-refractivity contribution in [2.45, 2.75) is 19.0 Å². The maximum atomic E-state index is 12.9. The number of aromatic nitrogens is 1. The quantitative estimate of drug-likeness (QED) is 0.602. The summed E-state index contributed by atoms with van der Waals surface area (Å²) in [6, 6.07) is 5.41. The molecular weight excluding hydrogens is 344 g/mol. The summed E-state index contributed by atoms with van der Waals surface area (Å²) in [6.07, 6.45) is -3.36.